The van der Waals surface area contributed by atoms with Crippen LogP contribution in [0.1, 0.15) is 11.1 Å². The highest BCUT2D eigenvalue weighted by molar-refractivity contribution is 14.1. The molecule has 25 heavy (non-hydrogen) atoms. The maximum absolute atomic E-state index is 5.34. The Morgan fingerprint density at radius 1 is 1.20 bits per heavy atom. The molecule has 0 atom stereocenters. The number of hydrazone groups is 1. The Morgan fingerprint density at radius 3 is 2.64 bits per heavy atom. The first kappa shape index (κ1) is 17.6. The molecule has 3 rings (SSSR count). The van der Waals surface area contributed by atoms with E-state index >= 15 is 0 Å². The highest BCUT2D eigenvalue weighted by Crippen LogP contribution is 2.27. The molecule has 6 heteroatoms. The molecule has 0 amide bonds. The number of hydrogen-bond acceptors (Lipinski definition) is 5. The molecule has 0 aliphatic rings. The molecule has 0 fully saturated rings. The van der Waals surface area contributed by atoms with Gasteiger partial charge in [-0.15, -0.1) is 0 Å². The second-order valence-electron chi connectivity index (χ2n) is 5.91. The largest absolute Gasteiger partial charge is 0.443 e. The summed E-state index contributed by atoms with van der Waals surface area (Å²) in [7, 11) is 4.13. The topological polar surface area (TPSA) is 53.7 Å². The lowest BCUT2D eigenvalue weighted by Crippen LogP contribution is -2.10. The zero-order chi connectivity index (χ0) is 17.6. The van der Waals surface area contributed by atoms with Crippen molar-refractivity contribution in [2.75, 3.05) is 19.5 Å². The molecule has 5 nitrogen and oxygen atoms in total. The molecule has 0 bridgehead atoms. The molecule has 1 aromatic heterocycles. The molecule has 128 valence electrons. The predicted octanol–water partition coefficient (Wildman–Crippen LogP) is 4.45. The zero-order valence-electron chi connectivity index (χ0n) is 14.1. The Kier molecular flexibility index (Phi) is 5.83. The smallest absolute Gasteiger partial charge is 0.181 e. The van der Waals surface area contributed by atoms with E-state index in [0.717, 1.165) is 32.7 Å². The average molecular weight is 446 g/mol. The predicted molar refractivity (Wildman–Crippen MR) is 110 cm³/mol. The van der Waals surface area contributed by atoms with Crippen molar-refractivity contribution in [1.82, 2.24) is 9.88 Å². The van der Waals surface area contributed by atoms with Crippen LogP contribution in [0.15, 0.2) is 64.6 Å². The van der Waals surface area contributed by atoms with E-state index in [1.54, 1.807) is 6.20 Å². The summed E-state index contributed by atoms with van der Waals surface area (Å²) in [4.78, 5) is 6.10. The summed E-state index contributed by atoms with van der Waals surface area (Å²) in [6.07, 6.45) is 4.96. The molecular weight excluding hydrogens is 427 g/mol. The lowest BCUT2D eigenvalue weighted by molar-refractivity contribution is 0.402. The van der Waals surface area contributed by atoms with Crippen LogP contribution in [-0.2, 0) is 6.54 Å². The van der Waals surface area contributed by atoms with Gasteiger partial charge in [-0.1, -0.05) is 24.3 Å². The van der Waals surface area contributed by atoms with Gasteiger partial charge in [0.25, 0.3) is 0 Å². The van der Waals surface area contributed by atoms with Crippen molar-refractivity contribution in [1.29, 1.82) is 0 Å². The quantitative estimate of drug-likeness (QED) is 0.345. The van der Waals surface area contributed by atoms with Gasteiger partial charge >= 0.3 is 0 Å². The summed E-state index contributed by atoms with van der Waals surface area (Å²) in [6, 6.07) is 14.4. The van der Waals surface area contributed by atoms with Gasteiger partial charge in [-0.05, 0) is 66.0 Å². The minimum absolute atomic E-state index is 0.761. The number of anilines is 1. The summed E-state index contributed by atoms with van der Waals surface area (Å²) in [6.45, 7) is 0.936. The Bertz CT molecular complexity index is 842. The van der Waals surface area contributed by atoms with E-state index in [0.29, 0.717) is 0 Å². The number of nitrogens with zero attached hydrogens (tertiary/aromatic N) is 3. The first-order valence-corrected chi connectivity index (χ1v) is 8.91. The van der Waals surface area contributed by atoms with Gasteiger partial charge in [-0.3, -0.25) is 5.43 Å². The fourth-order valence-corrected chi connectivity index (χ4v) is 3.17. The molecular formula is C19H19IN4O. The lowest BCUT2D eigenvalue weighted by Gasteiger charge is -2.09. The Labute approximate surface area is 160 Å². The van der Waals surface area contributed by atoms with Gasteiger partial charge in [0.2, 0.25) is 0 Å². The molecule has 0 saturated carbocycles. The molecule has 1 N–H and O–H groups in total. The number of aromatic nitrogens is 1. The molecule has 0 spiro atoms. The third kappa shape index (κ3) is 4.90. The molecule has 1 heterocycles. The normalized spacial score (nSPS) is 11.4. The second-order valence-corrected chi connectivity index (χ2v) is 7.07. The van der Waals surface area contributed by atoms with Crippen LogP contribution in [0, 0.1) is 3.57 Å². The van der Waals surface area contributed by atoms with Gasteiger partial charge in [0.1, 0.15) is 0 Å². The van der Waals surface area contributed by atoms with Crippen LogP contribution in [-0.4, -0.2) is 30.2 Å². The number of nitrogens with one attached hydrogen (secondary N) is 1. The monoisotopic (exact) mass is 446 g/mol. The highest BCUT2D eigenvalue weighted by Gasteiger charge is 2.06. The minimum Gasteiger partial charge on any atom is -0.443 e. The van der Waals surface area contributed by atoms with Crippen molar-refractivity contribution in [3.63, 3.8) is 0 Å². The molecule has 0 saturated heterocycles. The van der Waals surface area contributed by atoms with Crippen LogP contribution < -0.4 is 5.43 Å². The van der Waals surface area contributed by atoms with Gasteiger partial charge in [0.05, 0.1) is 18.1 Å². The number of halogens is 1. The molecule has 0 aliphatic heterocycles. The van der Waals surface area contributed by atoms with Crippen molar-refractivity contribution in [3.8, 4) is 11.3 Å². The van der Waals surface area contributed by atoms with Crippen molar-refractivity contribution in [3.05, 3.63) is 69.8 Å². The molecule has 0 radical (unpaired) electrons. The van der Waals surface area contributed by atoms with E-state index in [4.69, 9.17) is 4.42 Å². The van der Waals surface area contributed by atoms with Crippen LogP contribution in [0.3, 0.4) is 0 Å². The van der Waals surface area contributed by atoms with Crippen LogP contribution in [0.25, 0.3) is 11.3 Å². The van der Waals surface area contributed by atoms with Crippen molar-refractivity contribution in [2.24, 2.45) is 5.10 Å². The maximum atomic E-state index is 5.34. The van der Waals surface area contributed by atoms with Crippen molar-refractivity contribution >= 4 is 34.5 Å². The minimum atomic E-state index is 0.761. The van der Waals surface area contributed by atoms with E-state index in [1.165, 1.54) is 12.0 Å². The van der Waals surface area contributed by atoms with E-state index in [-0.39, 0.29) is 0 Å². The summed E-state index contributed by atoms with van der Waals surface area (Å²) in [5.41, 5.74) is 7.35. The fourth-order valence-electron chi connectivity index (χ4n) is 2.39. The Hall–Kier alpha value is -2.19. The molecule has 2 aromatic carbocycles. The summed E-state index contributed by atoms with van der Waals surface area (Å²) >= 11 is 2.28. The van der Waals surface area contributed by atoms with E-state index in [1.807, 2.05) is 24.4 Å². The molecule has 3 aromatic rings. The Morgan fingerprint density at radius 2 is 2.00 bits per heavy atom. The standard InChI is InChI=1S/C19H19IN4O/c1-24(2)12-15-5-3-14(4-6-15)10-22-23-16-7-8-17(18(20)9-16)19-11-21-13-25-19/h3-11,13,23H,12H2,1-2H3/b22-10+. The fraction of sp³-hybridized carbons (Fsp3) is 0.158. The maximum Gasteiger partial charge on any atom is 0.181 e. The second kappa shape index (κ2) is 8.26. The lowest BCUT2D eigenvalue weighted by atomic mass is 10.1. The van der Waals surface area contributed by atoms with Gasteiger partial charge in [0.15, 0.2) is 12.2 Å². The van der Waals surface area contributed by atoms with E-state index in [2.05, 4.69) is 81.4 Å². The molecule has 0 unspecified atom stereocenters. The number of rotatable bonds is 6. The van der Waals surface area contributed by atoms with Gasteiger partial charge in [-0.2, -0.15) is 5.10 Å². The SMILES string of the molecule is CN(C)Cc1ccc(/C=N/Nc2ccc(-c3cnco3)c(I)c2)cc1. The number of benzene rings is 2. The average Bonchev–Trinajstić information content (AvgIpc) is 3.10. The van der Waals surface area contributed by atoms with Gasteiger partial charge in [-0.25, -0.2) is 4.98 Å². The van der Waals surface area contributed by atoms with Gasteiger partial charge in [0, 0.05) is 15.7 Å². The first-order chi connectivity index (χ1) is 12.1. The van der Waals surface area contributed by atoms with E-state index < -0.39 is 0 Å². The number of hydrogen-bond donors (Lipinski definition) is 1. The third-order valence-corrected chi connectivity index (χ3v) is 4.45. The van der Waals surface area contributed by atoms with Crippen LogP contribution in [0.2, 0.25) is 0 Å². The zero-order valence-corrected chi connectivity index (χ0v) is 16.3. The Balaban J connectivity index is 1.63. The third-order valence-electron chi connectivity index (χ3n) is 3.55. The molecule has 0 aliphatic carbocycles. The summed E-state index contributed by atoms with van der Waals surface area (Å²) < 4.78 is 6.42. The van der Waals surface area contributed by atoms with Crippen molar-refractivity contribution < 1.29 is 4.42 Å². The van der Waals surface area contributed by atoms with Crippen molar-refractivity contribution in [2.45, 2.75) is 6.54 Å². The van der Waals surface area contributed by atoms with Crippen LogP contribution in [0.4, 0.5) is 5.69 Å². The number of oxazole rings is 1. The highest BCUT2D eigenvalue weighted by atomic mass is 127. The van der Waals surface area contributed by atoms with Gasteiger partial charge < -0.3 is 9.32 Å². The summed E-state index contributed by atoms with van der Waals surface area (Å²) in [5, 5.41) is 4.31. The van der Waals surface area contributed by atoms with E-state index in [9.17, 15) is 0 Å². The summed E-state index contributed by atoms with van der Waals surface area (Å²) in [5.74, 6) is 0.761. The first-order valence-electron chi connectivity index (χ1n) is 7.83. The van der Waals surface area contributed by atoms with Crippen LogP contribution >= 0.6 is 22.6 Å². The van der Waals surface area contributed by atoms with Crippen LogP contribution in [0.5, 0.6) is 0 Å².